The van der Waals surface area contributed by atoms with Gasteiger partial charge in [-0.3, -0.25) is 0 Å². The van der Waals surface area contributed by atoms with Crippen LogP contribution in [0.25, 0.3) is 0 Å². The summed E-state index contributed by atoms with van der Waals surface area (Å²) in [6, 6.07) is 5.91. The van der Waals surface area contributed by atoms with Crippen LogP contribution in [0.4, 0.5) is 10.2 Å². The summed E-state index contributed by atoms with van der Waals surface area (Å²) in [4.78, 5) is 11.2. The molecule has 106 valence electrons. The van der Waals surface area contributed by atoms with Crippen LogP contribution in [0.15, 0.2) is 29.3 Å². The maximum atomic E-state index is 12.9. The monoisotopic (exact) mass is 295 g/mol. The molecule has 5 nitrogen and oxygen atoms in total. The highest BCUT2D eigenvalue weighted by Crippen LogP contribution is 2.26. The van der Waals surface area contributed by atoms with Crippen LogP contribution in [0.2, 0.25) is 0 Å². The van der Waals surface area contributed by atoms with Gasteiger partial charge in [-0.05, 0) is 23.4 Å². The topological polar surface area (TPSA) is 81.1 Å². The summed E-state index contributed by atoms with van der Waals surface area (Å²) in [7, 11) is 0. The van der Waals surface area contributed by atoms with E-state index in [2.05, 4.69) is 5.10 Å². The predicted octanol–water partition coefficient (Wildman–Crippen LogP) is 2.46. The van der Waals surface area contributed by atoms with Gasteiger partial charge in [0.1, 0.15) is 22.2 Å². The Morgan fingerprint density at radius 2 is 2.10 bits per heavy atom. The zero-order chi connectivity index (χ0) is 14.7. The summed E-state index contributed by atoms with van der Waals surface area (Å²) in [6.07, 6.45) is 0. The lowest BCUT2D eigenvalue weighted by Gasteiger charge is -2.04. The molecule has 0 atom stereocenters. The minimum atomic E-state index is -1.09. The van der Waals surface area contributed by atoms with Crippen LogP contribution in [-0.2, 0) is 6.54 Å². The number of nitrogen functional groups attached to an aromatic ring is 1. The number of hydrogen-bond donors (Lipinski definition) is 2. The van der Waals surface area contributed by atoms with Crippen molar-refractivity contribution in [3.63, 3.8) is 0 Å². The first-order chi connectivity index (χ1) is 9.52. The number of anilines is 1. The van der Waals surface area contributed by atoms with Gasteiger partial charge in [-0.2, -0.15) is 5.10 Å². The first-order valence-corrected chi connectivity index (χ1v) is 6.98. The van der Waals surface area contributed by atoms with Crippen LogP contribution >= 0.6 is 11.8 Å². The molecule has 0 aliphatic rings. The number of carboxylic acids is 1. The second-order valence-corrected chi connectivity index (χ2v) is 5.34. The molecule has 1 heterocycles. The molecule has 0 saturated heterocycles. The molecule has 0 unspecified atom stereocenters. The Morgan fingerprint density at radius 1 is 1.45 bits per heavy atom. The van der Waals surface area contributed by atoms with E-state index in [-0.39, 0.29) is 17.2 Å². The highest BCUT2D eigenvalue weighted by Gasteiger charge is 2.21. The molecule has 0 radical (unpaired) electrons. The predicted molar refractivity (Wildman–Crippen MR) is 75.5 cm³/mol. The molecule has 0 bridgehead atoms. The van der Waals surface area contributed by atoms with Gasteiger partial charge in [0.2, 0.25) is 0 Å². The molecule has 0 amide bonds. The highest BCUT2D eigenvalue weighted by molar-refractivity contribution is 7.99. The van der Waals surface area contributed by atoms with E-state index in [1.807, 2.05) is 6.92 Å². The van der Waals surface area contributed by atoms with Gasteiger partial charge in [-0.1, -0.05) is 19.1 Å². The van der Waals surface area contributed by atoms with E-state index in [1.54, 1.807) is 12.1 Å². The van der Waals surface area contributed by atoms with Gasteiger partial charge in [0.15, 0.2) is 0 Å². The van der Waals surface area contributed by atoms with Gasteiger partial charge in [0.05, 0.1) is 6.54 Å². The van der Waals surface area contributed by atoms with Gasteiger partial charge >= 0.3 is 5.97 Å². The number of nitrogens with zero attached hydrogens (tertiary/aromatic N) is 2. The van der Waals surface area contributed by atoms with Gasteiger partial charge < -0.3 is 10.8 Å². The van der Waals surface area contributed by atoms with Crippen molar-refractivity contribution in [1.82, 2.24) is 9.78 Å². The van der Waals surface area contributed by atoms with Crippen molar-refractivity contribution in [3.8, 4) is 0 Å². The number of thioether (sulfide) groups is 1. The largest absolute Gasteiger partial charge is 0.477 e. The zero-order valence-corrected chi connectivity index (χ0v) is 11.7. The van der Waals surface area contributed by atoms with E-state index in [9.17, 15) is 14.3 Å². The molecule has 0 fully saturated rings. The van der Waals surface area contributed by atoms with E-state index in [1.165, 1.54) is 28.6 Å². The number of carboxylic acid groups (broad SMARTS) is 1. The van der Waals surface area contributed by atoms with Crippen LogP contribution in [-0.4, -0.2) is 26.6 Å². The molecule has 0 aliphatic heterocycles. The molecule has 0 aliphatic carbocycles. The molecule has 3 N–H and O–H groups in total. The van der Waals surface area contributed by atoms with Crippen LogP contribution in [0.3, 0.4) is 0 Å². The average molecular weight is 295 g/mol. The maximum absolute atomic E-state index is 12.9. The molecular formula is C13H14FN3O2S. The number of rotatable bonds is 5. The third-order valence-electron chi connectivity index (χ3n) is 2.70. The number of carbonyl (C=O) groups is 1. The summed E-state index contributed by atoms with van der Waals surface area (Å²) in [5.41, 5.74) is 6.67. The number of aromatic carboxylic acids is 1. The maximum Gasteiger partial charge on any atom is 0.342 e. The number of aromatic nitrogens is 2. The average Bonchev–Trinajstić information content (AvgIpc) is 2.69. The standard InChI is InChI=1S/C13H14FN3O2S/c1-2-20-12-10(13(18)19)11(15)17(16-12)7-8-3-5-9(14)6-4-8/h3-6H,2,7,15H2,1H3,(H,18,19). The van der Waals surface area contributed by atoms with E-state index in [0.717, 1.165) is 5.56 Å². The molecule has 2 aromatic rings. The molecule has 20 heavy (non-hydrogen) atoms. The van der Waals surface area contributed by atoms with Crippen molar-refractivity contribution in [1.29, 1.82) is 0 Å². The summed E-state index contributed by atoms with van der Waals surface area (Å²) in [6.45, 7) is 2.21. The molecule has 0 spiro atoms. The van der Waals surface area contributed by atoms with Crippen molar-refractivity contribution in [2.24, 2.45) is 0 Å². The van der Waals surface area contributed by atoms with E-state index >= 15 is 0 Å². The SMILES string of the molecule is CCSc1nn(Cc2ccc(F)cc2)c(N)c1C(=O)O. The minimum absolute atomic E-state index is 0.0268. The number of halogens is 1. The lowest BCUT2D eigenvalue weighted by Crippen LogP contribution is -2.08. The highest BCUT2D eigenvalue weighted by atomic mass is 32.2. The normalized spacial score (nSPS) is 10.7. The first kappa shape index (κ1) is 14.4. The smallest absolute Gasteiger partial charge is 0.342 e. The second kappa shape index (κ2) is 5.96. The fourth-order valence-corrected chi connectivity index (χ4v) is 2.54. The summed E-state index contributed by atoms with van der Waals surface area (Å²) in [5.74, 6) is -0.606. The van der Waals surface area contributed by atoms with Crippen molar-refractivity contribution < 1.29 is 14.3 Å². The number of benzene rings is 1. The van der Waals surface area contributed by atoms with Crippen LogP contribution in [0.1, 0.15) is 22.8 Å². The van der Waals surface area contributed by atoms with Gasteiger partial charge in [-0.15, -0.1) is 11.8 Å². The van der Waals surface area contributed by atoms with Crippen LogP contribution < -0.4 is 5.73 Å². The van der Waals surface area contributed by atoms with E-state index < -0.39 is 5.97 Å². The lowest BCUT2D eigenvalue weighted by atomic mass is 10.2. The third-order valence-corrected chi connectivity index (χ3v) is 3.55. The molecule has 0 saturated carbocycles. The van der Waals surface area contributed by atoms with E-state index in [0.29, 0.717) is 17.3 Å². The van der Waals surface area contributed by atoms with Crippen molar-refractivity contribution >= 4 is 23.5 Å². The summed E-state index contributed by atoms with van der Waals surface area (Å²) >= 11 is 1.33. The Kier molecular flexibility index (Phi) is 4.29. The summed E-state index contributed by atoms with van der Waals surface area (Å²) < 4.78 is 14.3. The Balaban J connectivity index is 2.34. The van der Waals surface area contributed by atoms with Gasteiger partial charge in [0, 0.05) is 0 Å². The first-order valence-electron chi connectivity index (χ1n) is 5.99. The summed E-state index contributed by atoms with van der Waals surface area (Å²) in [5, 5.41) is 13.8. The van der Waals surface area contributed by atoms with Crippen molar-refractivity contribution in [3.05, 3.63) is 41.2 Å². The quantitative estimate of drug-likeness (QED) is 0.828. The van der Waals surface area contributed by atoms with Crippen molar-refractivity contribution in [2.45, 2.75) is 18.5 Å². The zero-order valence-electron chi connectivity index (χ0n) is 10.8. The Bertz CT molecular complexity index is 625. The number of hydrogen-bond acceptors (Lipinski definition) is 4. The molecule has 1 aromatic heterocycles. The molecular weight excluding hydrogens is 281 g/mol. The van der Waals surface area contributed by atoms with Crippen molar-refractivity contribution in [2.75, 3.05) is 11.5 Å². The third kappa shape index (κ3) is 2.93. The molecule has 7 heteroatoms. The Hall–Kier alpha value is -2.02. The van der Waals surface area contributed by atoms with Crippen LogP contribution in [0.5, 0.6) is 0 Å². The fraction of sp³-hybridized carbons (Fsp3) is 0.231. The number of nitrogens with two attached hydrogens (primary N) is 1. The molecule has 2 rings (SSSR count). The Morgan fingerprint density at radius 3 is 2.65 bits per heavy atom. The minimum Gasteiger partial charge on any atom is -0.477 e. The fourth-order valence-electron chi connectivity index (χ4n) is 1.77. The van der Waals surface area contributed by atoms with Crippen LogP contribution in [0, 0.1) is 5.82 Å². The Labute approximate surface area is 119 Å². The second-order valence-electron chi connectivity index (χ2n) is 4.09. The van der Waals surface area contributed by atoms with Gasteiger partial charge in [-0.25, -0.2) is 13.9 Å². The molecule has 1 aromatic carbocycles. The van der Waals surface area contributed by atoms with E-state index in [4.69, 9.17) is 5.73 Å². The lowest BCUT2D eigenvalue weighted by molar-refractivity contribution is 0.0694. The van der Waals surface area contributed by atoms with Gasteiger partial charge in [0.25, 0.3) is 0 Å².